The van der Waals surface area contributed by atoms with Gasteiger partial charge in [0.05, 0.1) is 19.2 Å². The molecule has 2 aromatic heterocycles. The van der Waals surface area contributed by atoms with Gasteiger partial charge in [0.1, 0.15) is 41.3 Å². The number of fused-ring (bicyclic) bond motifs is 2. The second-order valence-corrected chi connectivity index (χ2v) is 15.6. The van der Waals surface area contributed by atoms with Crippen LogP contribution in [0.4, 0.5) is 4.79 Å². The van der Waals surface area contributed by atoms with Gasteiger partial charge in [0.2, 0.25) is 11.8 Å². The van der Waals surface area contributed by atoms with E-state index in [1.54, 1.807) is 48.5 Å². The van der Waals surface area contributed by atoms with Crippen molar-refractivity contribution < 1.29 is 38.5 Å². The molecule has 0 radical (unpaired) electrons. The third-order valence-electron chi connectivity index (χ3n) is 11.0. The number of benzene rings is 1. The Bertz CT molecular complexity index is 1830. The minimum Gasteiger partial charge on any atom is -0.497 e. The largest absolute Gasteiger partial charge is 0.497 e. The van der Waals surface area contributed by atoms with Crippen LogP contribution in [0.1, 0.15) is 66.2 Å². The third-order valence-corrected chi connectivity index (χ3v) is 11.0. The molecule has 2 unspecified atom stereocenters. The lowest BCUT2D eigenvalue weighted by Gasteiger charge is -2.35. The molecule has 7 rings (SSSR count). The maximum atomic E-state index is 14.5. The molecule has 0 bridgehead atoms. The lowest BCUT2D eigenvalue weighted by Crippen LogP contribution is -2.59. The molecule has 14 nitrogen and oxygen atoms in total. The lowest BCUT2D eigenvalue weighted by atomic mass is 9.85. The van der Waals surface area contributed by atoms with E-state index in [9.17, 15) is 24.3 Å². The van der Waals surface area contributed by atoms with Gasteiger partial charge in [-0.05, 0) is 67.1 Å². The molecule has 3 saturated carbocycles. The van der Waals surface area contributed by atoms with Gasteiger partial charge in [0.15, 0.2) is 5.82 Å². The van der Waals surface area contributed by atoms with Crippen LogP contribution < -0.4 is 20.1 Å². The maximum absolute atomic E-state index is 14.5. The second kappa shape index (κ2) is 13.0. The topological polar surface area (TPSA) is 174 Å². The summed E-state index contributed by atoms with van der Waals surface area (Å²) >= 11 is 0. The number of carbonyl (C=O) groups excluding carboxylic acids is 3. The minimum absolute atomic E-state index is 0.0144. The average Bonchev–Trinajstić information content (AvgIpc) is 3.70. The fourth-order valence-corrected chi connectivity index (χ4v) is 7.93. The number of amides is 3. The Balaban J connectivity index is 1.18. The standard InChI is InChI=1S/C37H46N6O8/c1-6-22-18-37(22,34(46)47)41-32(44)28-16-25(50-29-17-30(43-11-7-10-38-43)39-27-15-23(49-5)8-9-26(27)29)19-42(28)33(45)31(36(2,3)4)40-35(48)51-24-13-20-12-21(20)14-24/h7-11,15,17,20-22,24-25,28,31H,6,12-14,16,18-19H2,1-5H3,(H,40,48)(H,41,44)(H,46,47)/t20-,21+,22-,24?,25-,28+,31?,37-/m1/s1. The third kappa shape index (κ3) is 6.79. The SMILES string of the molecule is CC[C@@H]1C[C@]1(NC(=O)[C@@H]1C[C@@H](Oc2cc(-n3cccn3)nc3cc(OC)ccc23)CN1C(=O)C(NC(=O)OC1C[C@@H]2C[C@@H]2C1)C(C)(C)C)C(=O)O. The first-order valence-corrected chi connectivity index (χ1v) is 17.8. The summed E-state index contributed by atoms with van der Waals surface area (Å²) in [5, 5.41) is 20.7. The van der Waals surface area contributed by atoms with E-state index >= 15 is 0 Å². The van der Waals surface area contributed by atoms with E-state index in [2.05, 4.69) is 15.7 Å². The number of nitrogens with zero attached hydrogens (tertiary/aromatic N) is 4. The number of methoxy groups -OCH3 is 1. The molecule has 51 heavy (non-hydrogen) atoms. The fourth-order valence-electron chi connectivity index (χ4n) is 7.93. The van der Waals surface area contributed by atoms with Crippen LogP contribution in [0.3, 0.4) is 0 Å². The van der Waals surface area contributed by atoms with E-state index in [0.29, 0.717) is 52.9 Å². The number of pyridine rings is 1. The second-order valence-electron chi connectivity index (χ2n) is 15.6. The maximum Gasteiger partial charge on any atom is 0.408 e. The Morgan fingerprint density at radius 1 is 1.08 bits per heavy atom. The van der Waals surface area contributed by atoms with Gasteiger partial charge in [-0.15, -0.1) is 0 Å². The van der Waals surface area contributed by atoms with Crippen molar-refractivity contribution in [1.82, 2.24) is 30.3 Å². The van der Waals surface area contributed by atoms with Crippen LogP contribution >= 0.6 is 0 Å². The Labute approximate surface area is 296 Å². The van der Waals surface area contributed by atoms with Crippen LogP contribution in [0.15, 0.2) is 42.7 Å². The van der Waals surface area contributed by atoms with Gasteiger partial charge in [0, 0.05) is 36.3 Å². The highest BCUT2D eigenvalue weighted by Gasteiger charge is 2.61. The first-order valence-electron chi connectivity index (χ1n) is 17.8. The number of hydrogen-bond acceptors (Lipinski definition) is 9. The zero-order valence-electron chi connectivity index (χ0n) is 29.6. The molecular weight excluding hydrogens is 656 g/mol. The Kier molecular flexibility index (Phi) is 8.83. The molecule has 272 valence electrons. The zero-order valence-corrected chi connectivity index (χ0v) is 29.6. The van der Waals surface area contributed by atoms with E-state index in [0.717, 1.165) is 12.8 Å². The van der Waals surface area contributed by atoms with Crippen LogP contribution in [0, 0.1) is 23.2 Å². The predicted octanol–water partition coefficient (Wildman–Crippen LogP) is 4.09. The Morgan fingerprint density at radius 2 is 1.84 bits per heavy atom. The molecular formula is C37H46N6O8. The van der Waals surface area contributed by atoms with Crippen molar-refractivity contribution >= 4 is 34.8 Å². The highest BCUT2D eigenvalue weighted by atomic mass is 16.6. The Morgan fingerprint density at radius 3 is 2.47 bits per heavy atom. The van der Waals surface area contributed by atoms with Crippen molar-refractivity contribution in [2.24, 2.45) is 23.2 Å². The fraction of sp³-hybridized carbons (Fsp3) is 0.568. The Hall–Kier alpha value is -4.88. The molecule has 1 aliphatic heterocycles. The van der Waals surface area contributed by atoms with Crippen molar-refractivity contribution in [2.45, 2.75) is 96.1 Å². The molecule has 4 fully saturated rings. The minimum atomic E-state index is -1.38. The van der Waals surface area contributed by atoms with Crippen molar-refractivity contribution in [3.63, 3.8) is 0 Å². The summed E-state index contributed by atoms with van der Waals surface area (Å²) in [7, 11) is 1.57. The number of carbonyl (C=O) groups is 4. The summed E-state index contributed by atoms with van der Waals surface area (Å²) in [6.07, 6.45) is 5.74. The van der Waals surface area contributed by atoms with Gasteiger partial charge in [-0.3, -0.25) is 9.59 Å². The van der Waals surface area contributed by atoms with Crippen molar-refractivity contribution in [1.29, 1.82) is 0 Å². The summed E-state index contributed by atoms with van der Waals surface area (Å²) in [4.78, 5) is 60.3. The number of aromatic nitrogens is 3. The molecule has 3 aromatic rings. The summed E-state index contributed by atoms with van der Waals surface area (Å²) in [6.45, 7) is 7.41. The molecule has 3 amide bonds. The monoisotopic (exact) mass is 702 g/mol. The number of likely N-dealkylation sites (tertiary alicyclic amines) is 1. The molecule has 3 heterocycles. The van der Waals surface area contributed by atoms with Crippen LogP contribution in [-0.2, 0) is 19.1 Å². The molecule has 8 atom stereocenters. The molecule has 1 aromatic carbocycles. The van der Waals surface area contributed by atoms with Gasteiger partial charge in [-0.25, -0.2) is 19.3 Å². The summed E-state index contributed by atoms with van der Waals surface area (Å²) in [5.74, 6) is 0.437. The van der Waals surface area contributed by atoms with Gasteiger partial charge in [0.25, 0.3) is 0 Å². The van der Waals surface area contributed by atoms with Crippen molar-refractivity contribution in [3.8, 4) is 17.3 Å². The molecule has 4 aliphatic rings. The van der Waals surface area contributed by atoms with E-state index in [1.165, 1.54) is 11.3 Å². The van der Waals surface area contributed by atoms with Crippen LogP contribution in [0.5, 0.6) is 11.5 Å². The smallest absolute Gasteiger partial charge is 0.408 e. The first kappa shape index (κ1) is 34.6. The van der Waals surface area contributed by atoms with Crippen LogP contribution in [-0.4, -0.2) is 92.1 Å². The van der Waals surface area contributed by atoms with Crippen LogP contribution in [0.2, 0.25) is 0 Å². The first-order chi connectivity index (χ1) is 24.3. The predicted molar refractivity (Wildman–Crippen MR) is 184 cm³/mol. The number of hydrogen-bond donors (Lipinski definition) is 3. The van der Waals surface area contributed by atoms with E-state index in [1.807, 2.05) is 33.8 Å². The number of rotatable bonds is 11. The molecule has 14 heteroatoms. The van der Waals surface area contributed by atoms with Crippen molar-refractivity contribution in [3.05, 3.63) is 42.7 Å². The summed E-state index contributed by atoms with van der Waals surface area (Å²) in [6, 6.07) is 6.85. The lowest BCUT2D eigenvalue weighted by molar-refractivity contribution is -0.146. The molecule has 0 spiro atoms. The number of nitrogens with one attached hydrogen (secondary N) is 2. The van der Waals surface area contributed by atoms with E-state index in [4.69, 9.17) is 19.2 Å². The summed E-state index contributed by atoms with van der Waals surface area (Å²) < 4.78 is 19.4. The normalized spacial score (nSPS) is 28.5. The number of aliphatic carboxylic acids is 1. The summed E-state index contributed by atoms with van der Waals surface area (Å²) in [5.41, 5.74) is -1.54. The highest BCUT2D eigenvalue weighted by molar-refractivity contribution is 5.96. The number of alkyl carbamates (subject to hydrolysis) is 1. The van der Waals surface area contributed by atoms with E-state index < -0.39 is 53.0 Å². The van der Waals surface area contributed by atoms with Crippen molar-refractivity contribution in [2.75, 3.05) is 13.7 Å². The van der Waals surface area contributed by atoms with Gasteiger partial charge < -0.3 is 34.9 Å². The zero-order chi connectivity index (χ0) is 36.2. The quantitative estimate of drug-likeness (QED) is 0.264. The average molecular weight is 703 g/mol. The molecule has 3 aliphatic carbocycles. The molecule has 3 N–H and O–H groups in total. The van der Waals surface area contributed by atoms with Gasteiger partial charge in [-0.2, -0.15) is 5.10 Å². The van der Waals surface area contributed by atoms with Gasteiger partial charge in [-0.1, -0.05) is 34.1 Å². The number of carboxylic acid groups (broad SMARTS) is 1. The van der Waals surface area contributed by atoms with Crippen LogP contribution in [0.25, 0.3) is 16.7 Å². The van der Waals surface area contributed by atoms with Gasteiger partial charge >= 0.3 is 12.1 Å². The number of carboxylic acids is 1. The number of ether oxygens (including phenoxy) is 3. The highest BCUT2D eigenvalue weighted by Crippen LogP contribution is 2.52. The molecule has 1 saturated heterocycles. The van der Waals surface area contributed by atoms with E-state index in [-0.39, 0.29) is 25.0 Å².